The van der Waals surface area contributed by atoms with E-state index in [1.807, 2.05) is 4.90 Å². The number of benzene rings is 1. The monoisotopic (exact) mass is 388 g/mol. The molecule has 1 saturated heterocycles. The molecule has 1 aliphatic heterocycles. The molecular formula is C18H23ClF2N2O3. The minimum atomic E-state index is -2.94. The van der Waals surface area contributed by atoms with Crippen molar-refractivity contribution in [1.29, 1.82) is 5.41 Å². The molecule has 1 aliphatic carbocycles. The van der Waals surface area contributed by atoms with E-state index in [1.54, 1.807) is 18.2 Å². The lowest BCUT2D eigenvalue weighted by Crippen LogP contribution is -2.43. The number of carbonyl (C=O) groups is 1. The Hall–Kier alpha value is -1.73. The third kappa shape index (κ3) is 3.55. The van der Waals surface area contributed by atoms with Crippen LogP contribution in [0.15, 0.2) is 24.3 Å². The molecule has 1 aromatic rings. The van der Waals surface area contributed by atoms with Gasteiger partial charge in [0.05, 0.1) is 6.34 Å². The van der Waals surface area contributed by atoms with E-state index in [0.29, 0.717) is 18.7 Å². The van der Waals surface area contributed by atoms with Crippen molar-refractivity contribution in [2.24, 2.45) is 5.92 Å². The minimum absolute atomic E-state index is 0. The van der Waals surface area contributed by atoms with Gasteiger partial charge in [-0.15, -0.1) is 12.4 Å². The van der Waals surface area contributed by atoms with E-state index >= 15 is 0 Å². The van der Waals surface area contributed by atoms with E-state index in [-0.39, 0.29) is 30.3 Å². The summed E-state index contributed by atoms with van der Waals surface area (Å²) in [4.78, 5) is 13.8. The van der Waals surface area contributed by atoms with Gasteiger partial charge in [0.1, 0.15) is 0 Å². The van der Waals surface area contributed by atoms with Crippen LogP contribution >= 0.6 is 12.4 Å². The summed E-state index contributed by atoms with van der Waals surface area (Å²) in [5.74, 6) is -5.48. The number of hydrogen-bond acceptors (Lipinski definition) is 3. The third-order valence-electron chi connectivity index (χ3n) is 5.53. The summed E-state index contributed by atoms with van der Waals surface area (Å²) in [6, 6.07) is 6.68. The second-order valence-corrected chi connectivity index (χ2v) is 7.06. The Labute approximate surface area is 156 Å². The highest BCUT2D eigenvalue weighted by atomic mass is 35.5. The quantitative estimate of drug-likeness (QED) is 0.534. The third-order valence-corrected chi connectivity index (χ3v) is 5.53. The Morgan fingerprint density at radius 1 is 1.35 bits per heavy atom. The summed E-state index contributed by atoms with van der Waals surface area (Å²) < 4.78 is 27.3. The summed E-state index contributed by atoms with van der Waals surface area (Å²) in [6.07, 6.45) is 0.912. The molecule has 26 heavy (non-hydrogen) atoms. The van der Waals surface area contributed by atoms with Crippen LogP contribution in [0.4, 0.5) is 8.78 Å². The number of aliphatic hydroxyl groups is 1. The van der Waals surface area contributed by atoms with E-state index in [2.05, 4.69) is 0 Å². The molecule has 3 atom stereocenters. The molecule has 0 radical (unpaired) electrons. The molecule has 144 valence electrons. The van der Waals surface area contributed by atoms with Crippen molar-refractivity contribution in [2.45, 2.75) is 43.1 Å². The molecule has 3 rings (SSSR count). The highest BCUT2D eigenvalue weighted by Crippen LogP contribution is 2.49. The molecule has 0 bridgehead atoms. The molecular weight excluding hydrogens is 366 g/mol. The van der Waals surface area contributed by atoms with Crippen molar-refractivity contribution >= 4 is 24.7 Å². The number of hydrogen-bond donors (Lipinski definition) is 3. The second-order valence-electron chi connectivity index (χ2n) is 7.06. The van der Waals surface area contributed by atoms with Gasteiger partial charge in [-0.05, 0) is 24.0 Å². The summed E-state index contributed by atoms with van der Waals surface area (Å²) in [5, 5.41) is 28.2. The lowest BCUT2D eigenvalue weighted by molar-refractivity contribution is -0.167. The van der Waals surface area contributed by atoms with Crippen LogP contribution in [0.3, 0.4) is 0 Å². The lowest BCUT2D eigenvalue weighted by Gasteiger charge is -2.33. The fourth-order valence-corrected chi connectivity index (χ4v) is 4.17. The molecule has 2 fully saturated rings. The Bertz CT molecular complexity index is 688. The average molecular weight is 389 g/mol. The molecule has 2 aliphatic rings. The van der Waals surface area contributed by atoms with E-state index in [4.69, 9.17) is 5.41 Å². The van der Waals surface area contributed by atoms with Crippen LogP contribution in [0.25, 0.3) is 0 Å². The zero-order chi connectivity index (χ0) is 18.2. The fraction of sp³-hybridized carbons (Fsp3) is 0.556. The van der Waals surface area contributed by atoms with Gasteiger partial charge in [-0.2, -0.15) is 0 Å². The van der Waals surface area contributed by atoms with E-state index in [9.17, 15) is 23.8 Å². The Morgan fingerprint density at radius 3 is 2.58 bits per heavy atom. The van der Waals surface area contributed by atoms with Gasteiger partial charge in [-0.1, -0.05) is 24.3 Å². The Kier molecular flexibility index (Phi) is 5.92. The standard InChI is InChI=1S/C18H22F2N2O3.ClH/c19-17(20)7-5-13(9-17)18(25,16(23)24)15-4-2-1-3-14(15)12-6-8-22(10-12)11-21;/h1-4,11-13,21,25H,5-10H2,(H,23,24);1H/t12-,13+,18+;/m0./s1. The predicted octanol–water partition coefficient (Wildman–Crippen LogP) is 3.21. The van der Waals surface area contributed by atoms with Gasteiger partial charge in [0, 0.05) is 37.8 Å². The molecule has 0 unspecified atom stereocenters. The van der Waals surface area contributed by atoms with Gasteiger partial charge < -0.3 is 15.1 Å². The highest BCUT2D eigenvalue weighted by Gasteiger charge is 2.54. The van der Waals surface area contributed by atoms with Gasteiger partial charge in [0.2, 0.25) is 5.92 Å². The van der Waals surface area contributed by atoms with Crippen LogP contribution in [0.2, 0.25) is 0 Å². The van der Waals surface area contributed by atoms with Crippen molar-refractivity contribution in [3.05, 3.63) is 35.4 Å². The first-order valence-corrected chi connectivity index (χ1v) is 8.45. The van der Waals surface area contributed by atoms with Gasteiger partial charge in [0.25, 0.3) is 0 Å². The number of carboxylic acid groups (broad SMARTS) is 1. The predicted molar refractivity (Wildman–Crippen MR) is 95.2 cm³/mol. The first kappa shape index (κ1) is 20.6. The van der Waals surface area contributed by atoms with Gasteiger partial charge in [-0.25, -0.2) is 13.6 Å². The van der Waals surface area contributed by atoms with Gasteiger partial charge in [0.15, 0.2) is 5.60 Å². The van der Waals surface area contributed by atoms with Crippen molar-refractivity contribution in [1.82, 2.24) is 4.90 Å². The van der Waals surface area contributed by atoms with Crippen molar-refractivity contribution in [3.63, 3.8) is 0 Å². The first-order chi connectivity index (χ1) is 11.8. The number of carboxylic acids is 1. The summed E-state index contributed by atoms with van der Waals surface area (Å²) in [7, 11) is 0. The normalized spacial score (nSPS) is 26.8. The largest absolute Gasteiger partial charge is 0.479 e. The molecule has 0 amide bonds. The maximum atomic E-state index is 13.7. The number of nitrogens with zero attached hydrogens (tertiary/aromatic N) is 1. The van der Waals surface area contributed by atoms with E-state index in [0.717, 1.165) is 6.42 Å². The molecule has 8 heteroatoms. The Balaban J connectivity index is 0.00000243. The molecule has 1 aromatic carbocycles. The van der Waals surface area contributed by atoms with Crippen LogP contribution in [-0.4, -0.2) is 46.4 Å². The maximum absolute atomic E-state index is 13.7. The van der Waals surface area contributed by atoms with E-state index in [1.165, 1.54) is 12.4 Å². The fourth-order valence-electron chi connectivity index (χ4n) is 4.17. The summed E-state index contributed by atoms with van der Waals surface area (Å²) >= 11 is 0. The number of nitrogens with one attached hydrogen (secondary N) is 1. The number of alkyl halides is 2. The molecule has 1 heterocycles. The number of likely N-dealkylation sites (tertiary alicyclic amines) is 1. The lowest BCUT2D eigenvalue weighted by atomic mass is 9.76. The van der Waals surface area contributed by atoms with Crippen LogP contribution in [0.1, 0.15) is 42.7 Å². The molecule has 1 saturated carbocycles. The highest BCUT2D eigenvalue weighted by molar-refractivity contribution is 5.85. The smallest absolute Gasteiger partial charge is 0.340 e. The van der Waals surface area contributed by atoms with Crippen LogP contribution in [0, 0.1) is 11.3 Å². The van der Waals surface area contributed by atoms with Gasteiger partial charge >= 0.3 is 5.97 Å². The molecule has 0 spiro atoms. The molecule has 5 nitrogen and oxygen atoms in total. The van der Waals surface area contributed by atoms with Crippen molar-refractivity contribution in [2.75, 3.05) is 13.1 Å². The summed E-state index contributed by atoms with van der Waals surface area (Å²) in [5.41, 5.74) is -1.44. The second kappa shape index (κ2) is 7.48. The zero-order valence-electron chi connectivity index (χ0n) is 14.2. The van der Waals surface area contributed by atoms with E-state index < -0.39 is 36.3 Å². The minimum Gasteiger partial charge on any atom is -0.479 e. The zero-order valence-corrected chi connectivity index (χ0v) is 15.0. The average Bonchev–Trinajstić information content (AvgIpc) is 3.20. The number of halogens is 3. The first-order valence-electron chi connectivity index (χ1n) is 8.45. The van der Waals surface area contributed by atoms with Crippen LogP contribution in [0.5, 0.6) is 0 Å². The topological polar surface area (TPSA) is 84.6 Å². The van der Waals surface area contributed by atoms with Crippen LogP contribution in [-0.2, 0) is 10.4 Å². The Morgan fingerprint density at radius 2 is 2.04 bits per heavy atom. The van der Waals surface area contributed by atoms with Gasteiger partial charge in [-0.3, -0.25) is 5.41 Å². The number of rotatable bonds is 5. The summed E-state index contributed by atoms with van der Waals surface area (Å²) in [6.45, 7) is 1.23. The van der Waals surface area contributed by atoms with Crippen molar-refractivity contribution in [3.8, 4) is 0 Å². The number of aliphatic carboxylic acids is 1. The van der Waals surface area contributed by atoms with Crippen LogP contribution < -0.4 is 0 Å². The van der Waals surface area contributed by atoms with Crippen molar-refractivity contribution < 1.29 is 23.8 Å². The SMILES string of the molecule is Cl.N=CN1CC[C@H](c2ccccc2[C@@](O)(C(=O)O)[C@@H]2CCC(F)(F)C2)C1. The molecule has 3 N–H and O–H groups in total. The molecule has 0 aromatic heterocycles. The maximum Gasteiger partial charge on any atom is 0.340 e.